The molecule has 0 aliphatic heterocycles. The van der Waals surface area contributed by atoms with Gasteiger partial charge in [0.05, 0.1) is 14.3 Å². The van der Waals surface area contributed by atoms with Crippen molar-refractivity contribution in [3.05, 3.63) is 52.1 Å². The van der Waals surface area contributed by atoms with Gasteiger partial charge in [-0.2, -0.15) is 0 Å². The molecule has 2 aromatic heterocycles. The molecule has 7 heteroatoms. The van der Waals surface area contributed by atoms with E-state index in [1.165, 1.54) is 10.3 Å². The fraction of sp³-hybridized carbons (Fsp3) is 0.0769. The van der Waals surface area contributed by atoms with Crippen LogP contribution in [-0.4, -0.2) is 22.4 Å². The van der Waals surface area contributed by atoms with Crippen LogP contribution in [0.1, 0.15) is 5.69 Å². The molecule has 3 aromatic rings. The standard InChI is InChI=1S/C13H10IN3O2S/c1-9-11-7-12(14)17(13(11)16-8-15-9)20(18,19)10-5-3-2-4-6-10/h2-8H,1H3. The van der Waals surface area contributed by atoms with Crippen LogP contribution in [-0.2, 0) is 10.0 Å². The topological polar surface area (TPSA) is 64.8 Å². The van der Waals surface area contributed by atoms with E-state index in [9.17, 15) is 8.42 Å². The molecule has 0 atom stereocenters. The number of fused-ring (bicyclic) bond motifs is 1. The number of aryl methyl sites for hydroxylation is 1. The van der Waals surface area contributed by atoms with Crippen LogP contribution in [0.4, 0.5) is 0 Å². The zero-order valence-corrected chi connectivity index (χ0v) is 13.5. The van der Waals surface area contributed by atoms with E-state index in [1.54, 1.807) is 36.4 Å². The first-order valence-corrected chi connectivity index (χ1v) is 8.33. The highest BCUT2D eigenvalue weighted by Gasteiger charge is 2.23. The van der Waals surface area contributed by atoms with Gasteiger partial charge in [0.1, 0.15) is 6.33 Å². The summed E-state index contributed by atoms with van der Waals surface area (Å²) in [5.74, 6) is 0. The van der Waals surface area contributed by atoms with Crippen LogP contribution in [0.2, 0.25) is 0 Å². The minimum atomic E-state index is -3.65. The molecule has 0 amide bonds. The van der Waals surface area contributed by atoms with Crippen molar-refractivity contribution in [2.75, 3.05) is 0 Å². The average molecular weight is 399 g/mol. The molecule has 0 fully saturated rings. The van der Waals surface area contributed by atoms with E-state index in [1.807, 2.05) is 29.5 Å². The Morgan fingerprint density at radius 3 is 2.55 bits per heavy atom. The average Bonchev–Trinajstić information content (AvgIpc) is 2.78. The number of aromatic nitrogens is 3. The number of nitrogens with zero attached hydrogens (tertiary/aromatic N) is 3. The summed E-state index contributed by atoms with van der Waals surface area (Å²) in [7, 11) is -3.65. The van der Waals surface area contributed by atoms with Gasteiger partial charge in [0.2, 0.25) is 0 Å². The third-order valence-corrected chi connectivity index (χ3v) is 5.83. The Labute approximate surface area is 129 Å². The van der Waals surface area contributed by atoms with Crippen molar-refractivity contribution in [3.8, 4) is 0 Å². The first kappa shape index (κ1) is 13.5. The van der Waals surface area contributed by atoms with Crippen LogP contribution in [0.25, 0.3) is 11.0 Å². The summed E-state index contributed by atoms with van der Waals surface area (Å²) in [4.78, 5) is 8.46. The van der Waals surface area contributed by atoms with E-state index in [0.717, 1.165) is 11.1 Å². The van der Waals surface area contributed by atoms with E-state index in [0.29, 0.717) is 9.35 Å². The SMILES string of the molecule is Cc1ncnc2c1cc(I)n2S(=O)(=O)c1ccccc1. The zero-order valence-electron chi connectivity index (χ0n) is 10.5. The van der Waals surface area contributed by atoms with Crippen molar-refractivity contribution >= 4 is 43.6 Å². The molecule has 0 N–H and O–H groups in total. The summed E-state index contributed by atoms with van der Waals surface area (Å²) in [6, 6.07) is 10.1. The first-order valence-electron chi connectivity index (χ1n) is 5.81. The second-order valence-corrected chi connectivity index (χ2v) is 7.14. The predicted octanol–water partition coefficient (Wildman–Crippen LogP) is 2.58. The van der Waals surface area contributed by atoms with Gasteiger partial charge in [-0.15, -0.1) is 0 Å². The lowest BCUT2D eigenvalue weighted by Crippen LogP contribution is -2.14. The normalized spacial score (nSPS) is 11.9. The smallest absolute Gasteiger partial charge is 0.241 e. The summed E-state index contributed by atoms with van der Waals surface area (Å²) in [5, 5.41) is 0.747. The van der Waals surface area contributed by atoms with Gasteiger partial charge in [0, 0.05) is 5.39 Å². The maximum atomic E-state index is 12.7. The van der Waals surface area contributed by atoms with E-state index in [2.05, 4.69) is 9.97 Å². The van der Waals surface area contributed by atoms with Crippen LogP contribution in [0.15, 0.2) is 47.6 Å². The molecule has 0 spiro atoms. The highest BCUT2D eigenvalue weighted by atomic mass is 127. The maximum Gasteiger partial charge on any atom is 0.270 e. The maximum absolute atomic E-state index is 12.7. The van der Waals surface area contributed by atoms with Crippen molar-refractivity contribution in [2.45, 2.75) is 11.8 Å². The number of rotatable bonds is 2. The Morgan fingerprint density at radius 1 is 1.15 bits per heavy atom. The molecule has 0 aliphatic rings. The van der Waals surface area contributed by atoms with Crippen molar-refractivity contribution in [3.63, 3.8) is 0 Å². The molecule has 0 radical (unpaired) electrons. The predicted molar refractivity (Wildman–Crippen MR) is 84.0 cm³/mol. The van der Waals surface area contributed by atoms with Crippen molar-refractivity contribution in [2.24, 2.45) is 0 Å². The summed E-state index contributed by atoms with van der Waals surface area (Å²) in [6.45, 7) is 1.83. The summed E-state index contributed by atoms with van der Waals surface area (Å²) >= 11 is 2.00. The lowest BCUT2D eigenvalue weighted by molar-refractivity contribution is 0.588. The number of halogens is 1. The van der Waals surface area contributed by atoms with Crippen molar-refractivity contribution in [1.29, 1.82) is 0 Å². The third-order valence-electron chi connectivity index (χ3n) is 2.99. The van der Waals surface area contributed by atoms with Gasteiger partial charge in [-0.25, -0.2) is 22.4 Å². The van der Waals surface area contributed by atoms with Crippen LogP contribution in [0.3, 0.4) is 0 Å². The molecule has 2 heterocycles. The molecule has 1 aromatic carbocycles. The largest absolute Gasteiger partial charge is 0.270 e. The van der Waals surface area contributed by atoms with Crippen molar-refractivity contribution < 1.29 is 8.42 Å². The van der Waals surface area contributed by atoms with Gasteiger partial charge in [0.25, 0.3) is 10.0 Å². The lowest BCUT2D eigenvalue weighted by Gasteiger charge is -2.08. The van der Waals surface area contributed by atoms with Gasteiger partial charge in [-0.3, -0.25) is 0 Å². The Morgan fingerprint density at radius 2 is 1.85 bits per heavy atom. The summed E-state index contributed by atoms with van der Waals surface area (Å²) < 4.78 is 27.3. The van der Waals surface area contributed by atoms with Crippen LogP contribution in [0.5, 0.6) is 0 Å². The summed E-state index contributed by atoms with van der Waals surface area (Å²) in [6.07, 6.45) is 1.38. The van der Waals surface area contributed by atoms with Gasteiger partial charge >= 0.3 is 0 Å². The monoisotopic (exact) mass is 399 g/mol. The second kappa shape index (κ2) is 4.81. The third kappa shape index (κ3) is 2.01. The molecular weight excluding hydrogens is 389 g/mol. The van der Waals surface area contributed by atoms with Crippen LogP contribution in [0, 0.1) is 10.6 Å². The fourth-order valence-electron chi connectivity index (χ4n) is 2.01. The number of benzene rings is 1. The fourth-order valence-corrected chi connectivity index (χ4v) is 4.69. The molecule has 3 rings (SSSR count). The Kier molecular flexibility index (Phi) is 3.25. The van der Waals surface area contributed by atoms with Gasteiger partial charge in [-0.05, 0) is 47.7 Å². The Bertz CT molecular complexity index is 889. The summed E-state index contributed by atoms with van der Waals surface area (Å²) in [5.41, 5.74) is 1.17. The zero-order chi connectivity index (χ0) is 14.3. The van der Waals surface area contributed by atoms with Gasteiger partial charge < -0.3 is 0 Å². The highest BCUT2D eigenvalue weighted by molar-refractivity contribution is 14.1. The minimum Gasteiger partial charge on any atom is -0.241 e. The van der Waals surface area contributed by atoms with Crippen LogP contribution >= 0.6 is 22.6 Å². The first-order chi connectivity index (χ1) is 9.51. The van der Waals surface area contributed by atoms with Gasteiger partial charge in [0.15, 0.2) is 5.65 Å². The van der Waals surface area contributed by atoms with Crippen molar-refractivity contribution in [1.82, 2.24) is 13.9 Å². The molecule has 0 saturated carbocycles. The number of hydrogen-bond acceptors (Lipinski definition) is 4. The number of hydrogen-bond donors (Lipinski definition) is 0. The minimum absolute atomic E-state index is 0.242. The lowest BCUT2D eigenvalue weighted by atomic mass is 10.3. The van der Waals surface area contributed by atoms with E-state index in [-0.39, 0.29) is 4.90 Å². The van der Waals surface area contributed by atoms with E-state index in [4.69, 9.17) is 0 Å². The molecule has 0 bridgehead atoms. The Balaban J connectivity index is 2.36. The van der Waals surface area contributed by atoms with Crippen LogP contribution < -0.4 is 0 Å². The molecule has 0 saturated heterocycles. The van der Waals surface area contributed by atoms with E-state index >= 15 is 0 Å². The molecular formula is C13H10IN3O2S. The van der Waals surface area contributed by atoms with E-state index < -0.39 is 10.0 Å². The molecule has 102 valence electrons. The Hall–Kier alpha value is -1.48. The highest BCUT2D eigenvalue weighted by Crippen LogP contribution is 2.26. The molecule has 20 heavy (non-hydrogen) atoms. The molecule has 0 aliphatic carbocycles. The molecule has 5 nitrogen and oxygen atoms in total. The quantitative estimate of drug-likeness (QED) is 0.622. The molecule has 0 unspecified atom stereocenters. The second-order valence-electron chi connectivity index (χ2n) is 4.25. The van der Waals surface area contributed by atoms with Gasteiger partial charge in [-0.1, -0.05) is 18.2 Å².